The second kappa shape index (κ2) is 5.85. The van der Waals surface area contributed by atoms with Gasteiger partial charge in [-0.05, 0) is 34.0 Å². The highest BCUT2D eigenvalue weighted by atomic mass is 79.9. The average Bonchev–Trinajstić information content (AvgIpc) is 2.21. The predicted molar refractivity (Wildman–Crippen MR) is 64.6 cm³/mol. The summed E-state index contributed by atoms with van der Waals surface area (Å²) in [4.78, 5) is 15.5. The van der Waals surface area contributed by atoms with E-state index in [1.807, 2.05) is 6.07 Å². The van der Waals surface area contributed by atoms with Gasteiger partial charge in [-0.25, -0.2) is 4.98 Å². The van der Waals surface area contributed by atoms with Crippen LogP contribution in [0.15, 0.2) is 22.9 Å². The van der Waals surface area contributed by atoms with Crippen LogP contribution in [-0.2, 0) is 4.79 Å². The molecule has 3 nitrogen and oxygen atoms in total. The molecule has 0 saturated heterocycles. The number of aromatic nitrogens is 1. The monoisotopic (exact) mass is 270 g/mol. The third-order valence-corrected chi connectivity index (χ3v) is 2.71. The van der Waals surface area contributed by atoms with E-state index in [-0.39, 0.29) is 5.91 Å². The number of rotatable bonds is 4. The lowest BCUT2D eigenvalue weighted by molar-refractivity contribution is -0.117. The van der Waals surface area contributed by atoms with Gasteiger partial charge in [0.25, 0.3) is 0 Å². The zero-order chi connectivity index (χ0) is 11.3. The van der Waals surface area contributed by atoms with Crippen LogP contribution in [0, 0.1) is 5.92 Å². The van der Waals surface area contributed by atoms with Crippen LogP contribution in [0.25, 0.3) is 0 Å². The minimum Gasteiger partial charge on any atom is -0.325 e. The van der Waals surface area contributed by atoms with E-state index in [0.717, 1.165) is 16.7 Å². The zero-order valence-corrected chi connectivity index (χ0v) is 10.5. The van der Waals surface area contributed by atoms with Crippen LogP contribution in [0.5, 0.6) is 0 Å². The van der Waals surface area contributed by atoms with Gasteiger partial charge in [-0.15, -0.1) is 0 Å². The number of carbonyl (C=O) groups is 1. The quantitative estimate of drug-likeness (QED) is 0.854. The summed E-state index contributed by atoms with van der Waals surface area (Å²) in [5, 5.41) is 2.81. The van der Waals surface area contributed by atoms with Crippen LogP contribution in [0.4, 0.5) is 5.69 Å². The third-order valence-electron chi connectivity index (χ3n) is 2.24. The van der Waals surface area contributed by atoms with Gasteiger partial charge in [0, 0.05) is 6.42 Å². The number of halogens is 1. The molecule has 0 aliphatic carbocycles. The van der Waals surface area contributed by atoms with E-state index in [1.54, 1.807) is 12.3 Å². The van der Waals surface area contributed by atoms with Crippen LogP contribution in [0.3, 0.4) is 0 Å². The summed E-state index contributed by atoms with van der Waals surface area (Å²) in [7, 11) is 0. The molecule has 1 heterocycles. The van der Waals surface area contributed by atoms with Crippen molar-refractivity contribution >= 4 is 27.5 Å². The van der Waals surface area contributed by atoms with Gasteiger partial charge in [-0.3, -0.25) is 4.79 Å². The summed E-state index contributed by atoms with van der Waals surface area (Å²) < 4.78 is 0.766. The highest BCUT2D eigenvalue weighted by molar-refractivity contribution is 9.10. The molecule has 1 aromatic rings. The number of nitrogens with zero attached hydrogens (tertiary/aromatic N) is 1. The largest absolute Gasteiger partial charge is 0.325 e. The second-order valence-electron chi connectivity index (χ2n) is 3.64. The van der Waals surface area contributed by atoms with Gasteiger partial charge in [0.15, 0.2) is 0 Å². The summed E-state index contributed by atoms with van der Waals surface area (Å²) in [6, 6.07) is 3.63. The fourth-order valence-electron chi connectivity index (χ4n) is 1.12. The van der Waals surface area contributed by atoms with Crippen molar-refractivity contribution in [2.45, 2.75) is 26.7 Å². The van der Waals surface area contributed by atoms with Crippen molar-refractivity contribution in [3.8, 4) is 0 Å². The van der Waals surface area contributed by atoms with E-state index < -0.39 is 0 Å². The number of amides is 1. The Morgan fingerprint density at radius 2 is 2.33 bits per heavy atom. The molecule has 0 bridgehead atoms. The molecule has 0 aromatic carbocycles. The Morgan fingerprint density at radius 3 is 2.87 bits per heavy atom. The van der Waals surface area contributed by atoms with Crippen LogP contribution >= 0.6 is 15.9 Å². The van der Waals surface area contributed by atoms with Crippen molar-refractivity contribution in [3.05, 3.63) is 22.9 Å². The summed E-state index contributed by atoms with van der Waals surface area (Å²) in [5.41, 5.74) is 0.742. The maximum atomic E-state index is 11.5. The molecule has 1 aromatic heterocycles. The summed E-state index contributed by atoms with van der Waals surface area (Å²) in [6.45, 7) is 4.15. The third kappa shape index (κ3) is 4.42. The zero-order valence-electron chi connectivity index (χ0n) is 8.96. The van der Waals surface area contributed by atoms with Crippen LogP contribution in [0.2, 0.25) is 0 Å². The summed E-state index contributed by atoms with van der Waals surface area (Å²) in [6.07, 6.45) is 3.22. The lowest BCUT2D eigenvalue weighted by atomic mass is 10.1. The molecule has 0 radical (unpaired) electrons. The van der Waals surface area contributed by atoms with Crippen LogP contribution in [-0.4, -0.2) is 10.9 Å². The molecule has 0 saturated carbocycles. The fourth-order valence-corrected chi connectivity index (χ4v) is 1.36. The van der Waals surface area contributed by atoms with E-state index in [2.05, 4.69) is 40.1 Å². The maximum absolute atomic E-state index is 11.5. The molecular weight excluding hydrogens is 256 g/mol. The van der Waals surface area contributed by atoms with Crippen molar-refractivity contribution in [2.75, 3.05) is 5.32 Å². The van der Waals surface area contributed by atoms with E-state index >= 15 is 0 Å². The first-order valence-electron chi connectivity index (χ1n) is 5.03. The predicted octanol–water partition coefficient (Wildman–Crippen LogP) is 3.22. The summed E-state index contributed by atoms with van der Waals surface area (Å²) in [5.74, 6) is 0.474. The van der Waals surface area contributed by atoms with Crippen molar-refractivity contribution in [3.63, 3.8) is 0 Å². The second-order valence-corrected chi connectivity index (χ2v) is 4.45. The molecule has 0 spiro atoms. The Morgan fingerprint density at radius 1 is 1.60 bits per heavy atom. The Hall–Kier alpha value is -0.900. The number of hydrogen-bond acceptors (Lipinski definition) is 2. The van der Waals surface area contributed by atoms with E-state index in [1.165, 1.54) is 0 Å². The Balaban J connectivity index is 2.48. The molecule has 1 atom stereocenters. The maximum Gasteiger partial charge on any atom is 0.224 e. The van der Waals surface area contributed by atoms with Gasteiger partial charge in [0.2, 0.25) is 5.91 Å². The van der Waals surface area contributed by atoms with E-state index in [0.29, 0.717) is 12.3 Å². The SMILES string of the molecule is CCC(C)CC(=O)Nc1ccc(Br)nc1. The van der Waals surface area contributed by atoms with Gasteiger partial charge in [-0.2, -0.15) is 0 Å². The smallest absolute Gasteiger partial charge is 0.224 e. The van der Waals surface area contributed by atoms with Gasteiger partial charge < -0.3 is 5.32 Å². The van der Waals surface area contributed by atoms with Gasteiger partial charge in [-0.1, -0.05) is 20.3 Å². The lowest BCUT2D eigenvalue weighted by Gasteiger charge is -2.08. The molecule has 0 aliphatic rings. The standard InChI is InChI=1S/C11H15BrN2O/c1-3-8(2)6-11(15)14-9-4-5-10(12)13-7-9/h4-5,7-8H,3,6H2,1-2H3,(H,14,15). The topological polar surface area (TPSA) is 42.0 Å². The Bertz CT molecular complexity index is 324. The van der Waals surface area contributed by atoms with E-state index in [4.69, 9.17) is 0 Å². The molecular formula is C11H15BrN2O. The van der Waals surface area contributed by atoms with Gasteiger partial charge >= 0.3 is 0 Å². The van der Waals surface area contributed by atoms with Crippen molar-refractivity contribution in [1.29, 1.82) is 0 Å². The number of anilines is 1. The number of nitrogens with one attached hydrogen (secondary N) is 1. The molecule has 15 heavy (non-hydrogen) atoms. The fraction of sp³-hybridized carbons (Fsp3) is 0.455. The van der Waals surface area contributed by atoms with Crippen LogP contribution in [0.1, 0.15) is 26.7 Å². The van der Waals surface area contributed by atoms with Gasteiger partial charge in [0.1, 0.15) is 4.60 Å². The Labute approximate surface area is 98.4 Å². The van der Waals surface area contributed by atoms with Crippen LogP contribution < -0.4 is 5.32 Å². The van der Waals surface area contributed by atoms with Gasteiger partial charge in [0.05, 0.1) is 11.9 Å². The highest BCUT2D eigenvalue weighted by Gasteiger charge is 2.07. The lowest BCUT2D eigenvalue weighted by Crippen LogP contribution is -2.14. The van der Waals surface area contributed by atoms with Crippen molar-refractivity contribution in [1.82, 2.24) is 4.98 Å². The Kier molecular flexibility index (Phi) is 4.75. The first-order valence-corrected chi connectivity index (χ1v) is 5.82. The highest BCUT2D eigenvalue weighted by Crippen LogP contribution is 2.12. The van der Waals surface area contributed by atoms with Crippen molar-refractivity contribution < 1.29 is 4.79 Å². The first-order chi connectivity index (χ1) is 7.11. The average molecular weight is 271 g/mol. The molecule has 1 rings (SSSR count). The van der Waals surface area contributed by atoms with E-state index in [9.17, 15) is 4.79 Å². The van der Waals surface area contributed by atoms with Crippen molar-refractivity contribution in [2.24, 2.45) is 5.92 Å². The molecule has 1 N–H and O–H groups in total. The minimum absolute atomic E-state index is 0.0495. The first kappa shape index (κ1) is 12.2. The number of pyridine rings is 1. The molecule has 82 valence electrons. The minimum atomic E-state index is 0.0495. The number of carbonyl (C=O) groups excluding carboxylic acids is 1. The molecule has 1 unspecified atom stereocenters. The molecule has 0 aliphatic heterocycles. The number of hydrogen-bond donors (Lipinski definition) is 1. The summed E-state index contributed by atoms with van der Waals surface area (Å²) >= 11 is 3.24. The normalized spacial score (nSPS) is 12.2. The molecule has 1 amide bonds. The molecule has 0 fully saturated rings. The molecule has 4 heteroatoms.